The lowest BCUT2D eigenvalue weighted by Gasteiger charge is -2.14. The Labute approximate surface area is 145 Å². The van der Waals surface area contributed by atoms with Crippen molar-refractivity contribution < 1.29 is 31.1 Å². The maximum absolute atomic E-state index is 12.9. The number of ketones is 1. The minimum Gasteiger partial charge on any atom is -0.361 e. The molecule has 0 unspecified atom stereocenters. The van der Waals surface area contributed by atoms with E-state index in [2.05, 4.69) is 5.32 Å². The number of nitrogens with one attached hydrogen (secondary N) is 1. The van der Waals surface area contributed by atoms with Crippen molar-refractivity contribution in [1.82, 2.24) is 0 Å². The van der Waals surface area contributed by atoms with Gasteiger partial charge >= 0.3 is 12.4 Å². The van der Waals surface area contributed by atoms with Gasteiger partial charge in [0.2, 0.25) is 0 Å². The van der Waals surface area contributed by atoms with Gasteiger partial charge in [-0.3, -0.25) is 4.79 Å². The lowest BCUT2D eigenvalue weighted by molar-refractivity contribution is -0.143. The highest BCUT2D eigenvalue weighted by atomic mass is 19.4. The molecule has 2 aromatic rings. The molecule has 0 aliphatic heterocycles. The van der Waals surface area contributed by atoms with E-state index in [4.69, 9.17) is 0 Å². The summed E-state index contributed by atoms with van der Waals surface area (Å²) in [5, 5.41) is 2.37. The number of Topliss-reactive ketones (excluding diaryl/α,β-unsaturated/α-hetero) is 1. The number of rotatable bonds is 4. The SMILES string of the molecule is CC(=O)/C(=C/Nc1cc(C(F)(F)F)cc(C(F)(F)F)c1)c1ccccc1. The number of carbonyl (C=O) groups is 1. The summed E-state index contributed by atoms with van der Waals surface area (Å²) in [6, 6.07) is 9.35. The number of carbonyl (C=O) groups excluding carboxylic acids is 1. The Balaban J connectivity index is 2.46. The van der Waals surface area contributed by atoms with Crippen LogP contribution in [0.3, 0.4) is 0 Å². The van der Waals surface area contributed by atoms with E-state index in [1.165, 1.54) is 6.92 Å². The van der Waals surface area contributed by atoms with E-state index >= 15 is 0 Å². The number of benzene rings is 2. The minimum absolute atomic E-state index is 0.0397. The summed E-state index contributed by atoms with van der Waals surface area (Å²) >= 11 is 0. The minimum atomic E-state index is -4.94. The maximum atomic E-state index is 12.9. The molecule has 0 fully saturated rings. The van der Waals surface area contributed by atoms with Crippen molar-refractivity contribution in [3.05, 3.63) is 71.4 Å². The van der Waals surface area contributed by atoms with Gasteiger partial charge in [-0.2, -0.15) is 26.3 Å². The Morgan fingerprint density at radius 2 is 1.38 bits per heavy atom. The lowest BCUT2D eigenvalue weighted by Crippen LogP contribution is -2.11. The third-order valence-corrected chi connectivity index (χ3v) is 3.43. The molecule has 2 nitrogen and oxygen atoms in total. The van der Waals surface area contributed by atoms with E-state index in [1.807, 2.05) is 0 Å². The largest absolute Gasteiger partial charge is 0.416 e. The molecule has 1 N–H and O–H groups in total. The smallest absolute Gasteiger partial charge is 0.361 e. The molecule has 2 rings (SSSR count). The van der Waals surface area contributed by atoms with Crippen LogP contribution in [0.25, 0.3) is 5.57 Å². The lowest BCUT2D eigenvalue weighted by atomic mass is 10.0. The monoisotopic (exact) mass is 373 g/mol. The van der Waals surface area contributed by atoms with Crippen LogP contribution in [0.5, 0.6) is 0 Å². The van der Waals surface area contributed by atoms with E-state index < -0.39 is 35.0 Å². The fourth-order valence-electron chi connectivity index (χ4n) is 2.20. The topological polar surface area (TPSA) is 29.1 Å². The molecular weight excluding hydrogens is 360 g/mol. The fraction of sp³-hybridized carbons (Fsp3) is 0.167. The fourth-order valence-corrected chi connectivity index (χ4v) is 2.20. The van der Waals surface area contributed by atoms with Crippen LogP contribution < -0.4 is 5.32 Å². The van der Waals surface area contributed by atoms with Gasteiger partial charge in [-0.15, -0.1) is 0 Å². The van der Waals surface area contributed by atoms with Crippen molar-refractivity contribution in [3.8, 4) is 0 Å². The van der Waals surface area contributed by atoms with Gasteiger partial charge in [0.15, 0.2) is 5.78 Å². The number of halogens is 6. The first kappa shape index (κ1) is 19.6. The second-order valence-electron chi connectivity index (χ2n) is 5.42. The predicted molar refractivity (Wildman–Crippen MR) is 85.2 cm³/mol. The number of allylic oxidation sites excluding steroid dienone is 1. The highest BCUT2D eigenvalue weighted by molar-refractivity contribution is 6.19. The van der Waals surface area contributed by atoms with Crippen LogP contribution in [-0.2, 0) is 17.1 Å². The maximum Gasteiger partial charge on any atom is 0.416 e. The van der Waals surface area contributed by atoms with Gasteiger partial charge < -0.3 is 5.32 Å². The van der Waals surface area contributed by atoms with Crippen LogP contribution in [0.2, 0.25) is 0 Å². The zero-order chi connectivity index (χ0) is 19.5. The van der Waals surface area contributed by atoms with E-state index in [9.17, 15) is 31.1 Å². The van der Waals surface area contributed by atoms with Crippen LogP contribution in [0.4, 0.5) is 32.0 Å². The summed E-state index contributed by atoms with van der Waals surface area (Å²) in [7, 11) is 0. The summed E-state index contributed by atoms with van der Waals surface area (Å²) in [6.07, 6.45) is -8.79. The first-order valence-electron chi connectivity index (χ1n) is 7.31. The molecule has 2 aromatic carbocycles. The molecule has 8 heteroatoms. The van der Waals surface area contributed by atoms with Crippen molar-refractivity contribution in [3.63, 3.8) is 0 Å². The average molecular weight is 373 g/mol. The van der Waals surface area contributed by atoms with Crippen LogP contribution in [0, 0.1) is 0 Å². The number of anilines is 1. The molecular formula is C18H13F6NO. The summed E-state index contributed by atoms with van der Waals surface area (Å²) in [5.74, 6) is -0.397. The second-order valence-corrected chi connectivity index (χ2v) is 5.42. The van der Waals surface area contributed by atoms with Crippen molar-refractivity contribution in [2.24, 2.45) is 0 Å². The molecule has 0 heterocycles. The summed E-state index contributed by atoms with van der Waals surface area (Å²) < 4.78 is 77.2. The standard InChI is InChI=1S/C18H13F6NO/c1-11(26)16(12-5-3-2-4-6-12)10-25-15-8-13(17(19,20)21)7-14(9-15)18(22,23)24/h2-10,25H,1H3/b16-10-. The van der Waals surface area contributed by atoms with E-state index in [0.29, 0.717) is 17.7 Å². The molecule has 0 spiro atoms. The molecule has 0 atom stereocenters. The Hall–Kier alpha value is -2.77. The highest BCUT2D eigenvalue weighted by Crippen LogP contribution is 2.37. The van der Waals surface area contributed by atoms with Crippen LogP contribution in [0.1, 0.15) is 23.6 Å². The van der Waals surface area contributed by atoms with E-state index in [-0.39, 0.29) is 11.6 Å². The molecule has 0 aliphatic carbocycles. The van der Waals surface area contributed by atoms with Crippen LogP contribution >= 0.6 is 0 Å². The van der Waals surface area contributed by atoms with Crippen molar-refractivity contribution in [2.45, 2.75) is 19.3 Å². The predicted octanol–water partition coefficient (Wildman–Crippen LogP) is 5.77. The summed E-state index contributed by atoms with van der Waals surface area (Å²) in [5.41, 5.74) is -2.70. The van der Waals surface area contributed by atoms with Crippen molar-refractivity contribution >= 4 is 17.0 Å². The molecule has 0 amide bonds. The number of alkyl halides is 6. The van der Waals surface area contributed by atoms with Gasteiger partial charge in [-0.1, -0.05) is 30.3 Å². The second kappa shape index (κ2) is 7.23. The summed E-state index contributed by atoms with van der Waals surface area (Å²) in [6.45, 7) is 1.24. The van der Waals surface area contributed by atoms with Crippen molar-refractivity contribution in [2.75, 3.05) is 5.32 Å². The van der Waals surface area contributed by atoms with Gasteiger partial charge in [0.1, 0.15) is 0 Å². The van der Waals surface area contributed by atoms with Crippen molar-refractivity contribution in [1.29, 1.82) is 0 Å². The van der Waals surface area contributed by atoms with Gasteiger partial charge in [-0.05, 0) is 30.7 Å². The molecule has 0 bridgehead atoms. The molecule has 0 aliphatic rings. The van der Waals surface area contributed by atoms with Crippen LogP contribution in [-0.4, -0.2) is 5.78 Å². The average Bonchev–Trinajstić information content (AvgIpc) is 2.54. The quantitative estimate of drug-likeness (QED) is 0.545. The molecule has 0 saturated carbocycles. The molecule has 0 radical (unpaired) electrons. The zero-order valence-electron chi connectivity index (χ0n) is 13.4. The molecule has 26 heavy (non-hydrogen) atoms. The van der Waals surface area contributed by atoms with Gasteiger partial charge in [0.05, 0.1) is 11.1 Å². The zero-order valence-corrected chi connectivity index (χ0v) is 13.4. The Bertz CT molecular complexity index is 790. The first-order valence-corrected chi connectivity index (χ1v) is 7.31. The van der Waals surface area contributed by atoms with Crippen LogP contribution in [0.15, 0.2) is 54.7 Å². The van der Waals surface area contributed by atoms with Gasteiger partial charge in [0, 0.05) is 17.5 Å². The Kier molecular flexibility index (Phi) is 5.44. The van der Waals surface area contributed by atoms with E-state index in [1.54, 1.807) is 30.3 Å². The Morgan fingerprint density at radius 1 is 0.885 bits per heavy atom. The van der Waals surface area contributed by atoms with E-state index in [0.717, 1.165) is 6.20 Å². The molecule has 138 valence electrons. The Morgan fingerprint density at radius 3 is 1.81 bits per heavy atom. The first-order chi connectivity index (χ1) is 12.0. The normalized spacial score (nSPS) is 12.8. The molecule has 0 saturated heterocycles. The third-order valence-electron chi connectivity index (χ3n) is 3.43. The molecule has 0 aromatic heterocycles. The number of hydrogen-bond acceptors (Lipinski definition) is 2. The number of hydrogen-bond donors (Lipinski definition) is 1. The van der Waals surface area contributed by atoms with Gasteiger partial charge in [0.25, 0.3) is 0 Å². The third kappa shape index (κ3) is 4.87. The summed E-state index contributed by atoms with van der Waals surface area (Å²) in [4.78, 5) is 11.7. The van der Waals surface area contributed by atoms with Gasteiger partial charge in [-0.25, -0.2) is 0 Å². The highest BCUT2D eigenvalue weighted by Gasteiger charge is 2.36.